The number of hydrogen-bond donors (Lipinski definition) is 1. The first kappa shape index (κ1) is 15.2. The number of aryl methyl sites for hydroxylation is 1. The van der Waals surface area contributed by atoms with Gasteiger partial charge in [0.1, 0.15) is 17.4 Å². The zero-order chi connectivity index (χ0) is 16.2. The lowest BCUT2D eigenvalue weighted by Crippen LogP contribution is -2.42. The van der Waals surface area contributed by atoms with Crippen molar-refractivity contribution in [2.24, 2.45) is 0 Å². The van der Waals surface area contributed by atoms with E-state index in [0.717, 1.165) is 37.4 Å². The number of piperidine rings is 1. The lowest BCUT2D eigenvalue weighted by molar-refractivity contribution is 0.524. The van der Waals surface area contributed by atoms with E-state index in [2.05, 4.69) is 20.4 Å². The van der Waals surface area contributed by atoms with E-state index in [1.165, 1.54) is 6.07 Å². The second-order valence-electron chi connectivity index (χ2n) is 5.74. The highest BCUT2D eigenvalue weighted by Gasteiger charge is 2.22. The van der Waals surface area contributed by atoms with E-state index in [4.69, 9.17) is 5.26 Å². The highest BCUT2D eigenvalue weighted by Crippen LogP contribution is 2.23. The summed E-state index contributed by atoms with van der Waals surface area (Å²) in [4.78, 5) is 2.17. The normalized spacial score (nSPS) is 17.6. The number of nitriles is 1. The number of nitrogens with zero attached hydrogens (tertiary/aromatic N) is 4. The van der Waals surface area contributed by atoms with Crippen LogP contribution in [0.3, 0.4) is 0 Å². The highest BCUT2D eigenvalue weighted by atomic mass is 19.1. The van der Waals surface area contributed by atoms with Gasteiger partial charge in [-0.05, 0) is 44.0 Å². The quantitative estimate of drug-likeness (QED) is 0.944. The van der Waals surface area contributed by atoms with Crippen molar-refractivity contribution in [3.05, 3.63) is 47.4 Å². The van der Waals surface area contributed by atoms with Gasteiger partial charge in [-0.25, -0.2) is 4.39 Å². The molecule has 2 heterocycles. The van der Waals surface area contributed by atoms with Crippen molar-refractivity contribution in [3.8, 4) is 6.07 Å². The highest BCUT2D eigenvalue weighted by molar-refractivity contribution is 5.58. The Kier molecular flexibility index (Phi) is 4.38. The average Bonchev–Trinajstić information content (AvgIpc) is 2.56. The van der Waals surface area contributed by atoms with Crippen LogP contribution in [0.5, 0.6) is 0 Å². The first-order valence-corrected chi connectivity index (χ1v) is 7.68. The predicted molar refractivity (Wildman–Crippen MR) is 86.7 cm³/mol. The summed E-state index contributed by atoms with van der Waals surface area (Å²) >= 11 is 0. The van der Waals surface area contributed by atoms with Gasteiger partial charge in [-0.3, -0.25) is 0 Å². The molecule has 0 amide bonds. The summed E-state index contributed by atoms with van der Waals surface area (Å²) in [5.74, 6) is 0.358. The molecular weight excluding hydrogens is 293 g/mol. The van der Waals surface area contributed by atoms with Gasteiger partial charge in [0, 0.05) is 19.1 Å². The first-order valence-electron chi connectivity index (χ1n) is 7.68. The second kappa shape index (κ2) is 6.61. The average molecular weight is 311 g/mol. The molecule has 1 unspecified atom stereocenters. The van der Waals surface area contributed by atoms with Crippen LogP contribution in [-0.2, 0) is 0 Å². The Morgan fingerprint density at radius 1 is 1.30 bits per heavy atom. The number of hydrogen-bond acceptors (Lipinski definition) is 5. The minimum atomic E-state index is -0.491. The van der Waals surface area contributed by atoms with Crippen molar-refractivity contribution >= 4 is 11.5 Å². The molecule has 0 bridgehead atoms. The van der Waals surface area contributed by atoms with Crippen LogP contribution in [-0.4, -0.2) is 29.3 Å². The Morgan fingerprint density at radius 3 is 2.91 bits per heavy atom. The van der Waals surface area contributed by atoms with Crippen molar-refractivity contribution in [1.82, 2.24) is 10.2 Å². The maximum absolute atomic E-state index is 13.7. The smallest absolute Gasteiger partial charge is 0.151 e. The summed E-state index contributed by atoms with van der Waals surface area (Å²) in [5.41, 5.74) is 1.51. The van der Waals surface area contributed by atoms with Gasteiger partial charge in [0.15, 0.2) is 5.82 Å². The molecule has 0 radical (unpaired) electrons. The maximum atomic E-state index is 13.7. The van der Waals surface area contributed by atoms with E-state index < -0.39 is 5.82 Å². The third kappa shape index (κ3) is 3.39. The van der Waals surface area contributed by atoms with Crippen molar-refractivity contribution < 1.29 is 4.39 Å². The number of halogens is 1. The molecule has 118 valence electrons. The SMILES string of the molecule is Cc1ccc(N2CCCC(Nc3cccc(F)c3C#N)C2)nn1. The van der Waals surface area contributed by atoms with Gasteiger partial charge in [-0.1, -0.05) is 6.07 Å². The van der Waals surface area contributed by atoms with Crippen LogP contribution >= 0.6 is 0 Å². The van der Waals surface area contributed by atoms with E-state index in [1.54, 1.807) is 12.1 Å². The Bertz CT molecular complexity index is 723. The lowest BCUT2D eigenvalue weighted by Gasteiger charge is -2.34. The fourth-order valence-corrected chi connectivity index (χ4v) is 2.84. The molecule has 5 nitrogen and oxygen atoms in total. The molecule has 1 N–H and O–H groups in total. The molecule has 1 aromatic heterocycles. The van der Waals surface area contributed by atoms with Crippen molar-refractivity contribution in [1.29, 1.82) is 5.26 Å². The van der Waals surface area contributed by atoms with Gasteiger partial charge in [-0.2, -0.15) is 10.4 Å². The summed E-state index contributed by atoms with van der Waals surface area (Å²) in [6, 6.07) is 10.6. The molecular formula is C17H18FN5. The zero-order valence-electron chi connectivity index (χ0n) is 13.0. The Balaban J connectivity index is 1.73. The minimum absolute atomic E-state index is 0.0692. The van der Waals surface area contributed by atoms with Crippen molar-refractivity contribution in [3.63, 3.8) is 0 Å². The molecule has 2 aromatic rings. The second-order valence-corrected chi connectivity index (χ2v) is 5.74. The molecule has 3 rings (SSSR count). The summed E-state index contributed by atoms with van der Waals surface area (Å²) in [6.07, 6.45) is 1.97. The first-order chi connectivity index (χ1) is 11.2. The summed E-state index contributed by atoms with van der Waals surface area (Å²) in [6.45, 7) is 3.58. The number of benzene rings is 1. The van der Waals surface area contributed by atoms with Gasteiger partial charge in [0.05, 0.1) is 11.4 Å². The third-order valence-electron chi connectivity index (χ3n) is 4.01. The molecule has 0 spiro atoms. The summed E-state index contributed by atoms with van der Waals surface area (Å²) in [5, 5.41) is 20.8. The molecule has 1 aliphatic rings. The molecule has 1 atom stereocenters. The molecule has 1 aromatic carbocycles. The minimum Gasteiger partial charge on any atom is -0.379 e. The van der Waals surface area contributed by atoms with E-state index in [-0.39, 0.29) is 11.6 Å². The van der Waals surface area contributed by atoms with E-state index in [0.29, 0.717) is 5.69 Å². The van der Waals surface area contributed by atoms with Gasteiger partial charge < -0.3 is 10.2 Å². The Morgan fingerprint density at radius 2 is 2.17 bits per heavy atom. The standard InChI is InChI=1S/C17H18FN5/c1-12-7-8-17(22-21-12)23-9-3-4-13(11-23)20-16-6-2-5-15(18)14(16)10-19/h2,5-8,13,20H,3-4,9,11H2,1H3. The van der Waals surface area contributed by atoms with Crippen LogP contribution < -0.4 is 10.2 Å². The van der Waals surface area contributed by atoms with Crippen LogP contribution in [0.4, 0.5) is 15.9 Å². The Hall–Kier alpha value is -2.68. The molecule has 6 heteroatoms. The zero-order valence-corrected chi connectivity index (χ0v) is 13.0. The maximum Gasteiger partial charge on any atom is 0.151 e. The molecule has 1 aliphatic heterocycles. The molecule has 1 saturated heterocycles. The number of nitrogens with one attached hydrogen (secondary N) is 1. The van der Waals surface area contributed by atoms with Crippen LogP contribution in [0.2, 0.25) is 0 Å². The molecule has 0 aliphatic carbocycles. The van der Waals surface area contributed by atoms with Crippen molar-refractivity contribution in [2.75, 3.05) is 23.3 Å². The topological polar surface area (TPSA) is 64.8 Å². The van der Waals surface area contributed by atoms with E-state index in [1.807, 2.05) is 25.1 Å². The van der Waals surface area contributed by atoms with Crippen LogP contribution in [0.1, 0.15) is 24.1 Å². The third-order valence-corrected chi connectivity index (χ3v) is 4.01. The summed E-state index contributed by atoms with van der Waals surface area (Å²) in [7, 11) is 0. The van der Waals surface area contributed by atoms with Crippen LogP contribution in [0.25, 0.3) is 0 Å². The van der Waals surface area contributed by atoms with Gasteiger partial charge in [0.2, 0.25) is 0 Å². The number of anilines is 2. The van der Waals surface area contributed by atoms with Gasteiger partial charge in [-0.15, -0.1) is 5.10 Å². The number of aromatic nitrogens is 2. The van der Waals surface area contributed by atoms with Crippen LogP contribution in [0, 0.1) is 24.1 Å². The fraction of sp³-hybridized carbons (Fsp3) is 0.353. The Labute approximate surface area is 134 Å². The predicted octanol–water partition coefficient (Wildman–Crippen LogP) is 2.88. The van der Waals surface area contributed by atoms with Gasteiger partial charge in [0.25, 0.3) is 0 Å². The lowest BCUT2D eigenvalue weighted by atomic mass is 10.0. The molecule has 1 fully saturated rings. The largest absolute Gasteiger partial charge is 0.379 e. The monoisotopic (exact) mass is 311 g/mol. The fourth-order valence-electron chi connectivity index (χ4n) is 2.84. The summed E-state index contributed by atoms with van der Waals surface area (Å²) < 4.78 is 13.7. The van der Waals surface area contributed by atoms with Crippen molar-refractivity contribution in [2.45, 2.75) is 25.8 Å². The molecule has 0 saturated carbocycles. The molecule has 23 heavy (non-hydrogen) atoms. The van der Waals surface area contributed by atoms with E-state index in [9.17, 15) is 4.39 Å². The van der Waals surface area contributed by atoms with Crippen LogP contribution in [0.15, 0.2) is 30.3 Å². The van der Waals surface area contributed by atoms with E-state index >= 15 is 0 Å². The number of rotatable bonds is 3. The van der Waals surface area contributed by atoms with Gasteiger partial charge >= 0.3 is 0 Å².